The van der Waals surface area contributed by atoms with Gasteiger partial charge < -0.3 is 5.32 Å². The van der Waals surface area contributed by atoms with Crippen molar-refractivity contribution in [2.75, 3.05) is 26.2 Å². The summed E-state index contributed by atoms with van der Waals surface area (Å²) >= 11 is 0. The van der Waals surface area contributed by atoms with Crippen LogP contribution in [0.5, 0.6) is 0 Å². The summed E-state index contributed by atoms with van der Waals surface area (Å²) in [6.07, 6.45) is 5.49. The van der Waals surface area contributed by atoms with Crippen LogP contribution in [0.2, 0.25) is 0 Å². The fourth-order valence-corrected chi connectivity index (χ4v) is 2.60. The van der Waals surface area contributed by atoms with Crippen LogP contribution in [0.4, 0.5) is 0 Å². The van der Waals surface area contributed by atoms with E-state index in [2.05, 4.69) is 31.0 Å². The molecule has 0 aliphatic carbocycles. The van der Waals surface area contributed by atoms with Crippen LogP contribution in [0.25, 0.3) is 0 Å². The lowest BCUT2D eigenvalue weighted by molar-refractivity contribution is 0.117. The van der Waals surface area contributed by atoms with Gasteiger partial charge in [0.05, 0.1) is 0 Å². The van der Waals surface area contributed by atoms with Crippen molar-refractivity contribution in [3.8, 4) is 0 Å². The van der Waals surface area contributed by atoms with Gasteiger partial charge >= 0.3 is 0 Å². The van der Waals surface area contributed by atoms with Crippen LogP contribution >= 0.6 is 0 Å². The summed E-state index contributed by atoms with van der Waals surface area (Å²) in [5, 5.41) is 3.49. The fourth-order valence-electron chi connectivity index (χ4n) is 2.60. The molecule has 0 aromatic heterocycles. The number of piperidine rings is 1. The third-order valence-electron chi connectivity index (χ3n) is 3.75. The van der Waals surface area contributed by atoms with Gasteiger partial charge in [-0.1, -0.05) is 27.2 Å². The number of hydrogen-bond donors (Lipinski definition) is 1. The van der Waals surface area contributed by atoms with Crippen molar-refractivity contribution in [1.82, 2.24) is 10.2 Å². The van der Waals surface area contributed by atoms with Gasteiger partial charge in [-0.3, -0.25) is 4.90 Å². The van der Waals surface area contributed by atoms with E-state index in [1.807, 2.05) is 0 Å². The van der Waals surface area contributed by atoms with Gasteiger partial charge in [0.2, 0.25) is 0 Å². The average Bonchev–Trinajstić information content (AvgIpc) is 2.30. The molecule has 0 bridgehead atoms. The van der Waals surface area contributed by atoms with Gasteiger partial charge in [0.1, 0.15) is 0 Å². The van der Waals surface area contributed by atoms with Crippen molar-refractivity contribution in [2.24, 2.45) is 5.92 Å². The Bertz CT molecular complexity index is 159. The zero-order valence-electron chi connectivity index (χ0n) is 10.8. The van der Waals surface area contributed by atoms with Crippen molar-refractivity contribution in [1.29, 1.82) is 0 Å². The molecule has 2 heteroatoms. The van der Waals surface area contributed by atoms with E-state index in [-0.39, 0.29) is 0 Å². The number of nitrogens with zero attached hydrogens (tertiary/aromatic N) is 1. The molecule has 0 spiro atoms. The molecule has 2 unspecified atom stereocenters. The highest BCUT2D eigenvalue weighted by atomic mass is 15.2. The van der Waals surface area contributed by atoms with Crippen LogP contribution in [0, 0.1) is 5.92 Å². The SMILES string of the molecule is CCNCC(CC)N1CCCC(CC)C1. The molecule has 1 aliphatic rings. The topological polar surface area (TPSA) is 15.3 Å². The Balaban J connectivity index is 2.37. The van der Waals surface area contributed by atoms with Crippen LogP contribution in [0.15, 0.2) is 0 Å². The van der Waals surface area contributed by atoms with Gasteiger partial charge in [0.25, 0.3) is 0 Å². The van der Waals surface area contributed by atoms with Crippen LogP contribution in [0.3, 0.4) is 0 Å². The van der Waals surface area contributed by atoms with E-state index < -0.39 is 0 Å². The van der Waals surface area contributed by atoms with Crippen molar-refractivity contribution < 1.29 is 0 Å². The van der Waals surface area contributed by atoms with Crippen molar-refractivity contribution in [3.63, 3.8) is 0 Å². The van der Waals surface area contributed by atoms with Crippen LogP contribution in [-0.4, -0.2) is 37.1 Å². The maximum absolute atomic E-state index is 3.49. The number of nitrogens with one attached hydrogen (secondary N) is 1. The molecule has 0 amide bonds. The Morgan fingerprint density at radius 2 is 2.13 bits per heavy atom. The van der Waals surface area contributed by atoms with Crippen molar-refractivity contribution >= 4 is 0 Å². The molecular weight excluding hydrogens is 184 g/mol. The Labute approximate surface area is 95.4 Å². The first-order valence-corrected chi connectivity index (χ1v) is 6.76. The predicted octanol–water partition coefficient (Wildman–Crippen LogP) is 2.50. The predicted molar refractivity (Wildman–Crippen MR) is 67.2 cm³/mol. The smallest absolute Gasteiger partial charge is 0.0218 e. The summed E-state index contributed by atoms with van der Waals surface area (Å²) in [4.78, 5) is 2.71. The first-order chi connectivity index (χ1) is 7.31. The van der Waals surface area contributed by atoms with Gasteiger partial charge in [-0.15, -0.1) is 0 Å². The van der Waals surface area contributed by atoms with E-state index in [1.54, 1.807) is 0 Å². The molecule has 90 valence electrons. The molecule has 2 atom stereocenters. The number of likely N-dealkylation sites (N-methyl/N-ethyl adjacent to an activating group) is 1. The number of rotatable bonds is 6. The third-order valence-corrected chi connectivity index (χ3v) is 3.75. The summed E-state index contributed by atoms with van der Waals surface area (Å²) in [5.41, 5.74) is 0. The first-order valence-electron chi connectivity index (χ1n) is 6.76. The number of hydrogen-bond acceptors (Lipinski definition) is 2. The quantitative estimate of drug-likeness (QED) is 0.728. The fraction of sp³-hybridized carbons (Fsp3) is 1.00. The second-order valence-corrected chi connectivity index (χ2v) is 4.78. The van der Waals surface area contributed by atoms with Gasteiger partial charge in [-0.25, -0.2) is 0 Å². The van der Waals surface area contributed by atoms with Crippen LogP contribution in [0.1, 0.15) is 46.5 Å². The summed E-state index contributed by atoms with van der Waals surface area (Å²) in [6, 6.07) is 0.763. The molecular formula is C13H28N2. The lowest BCUT2D eigenvalue weighted by Crippen LogP contribution is -2.46. The van der Waals surface area contributed by atoms with Gasteiger partial charge in [0.15, 0.2) is 0 Å². The molecule has 1 fully saturated rings. The van der Waals surface area contributed by atoms with Crippen molar-refractivity contribution in [2.45, 2.75) is 52.5 Å². The normalized spacial score (nSPS) is 25.4. The Morgan fingerprint density at radius 1 is 1.33 bits per heavy atom. The van der Waals surface area contributed by atoms with E-state index in [1.165, 1.54) is 45.3 Å². The minimum absolute atomic E-state index is 0.763. The van der Waals surface area contributed by atoms with Crippen LogP contribution in [-0.2, 0) is 0 Å². The maximum Gasteiger partial charge on any atom is 0.0218 e. The van der Waals surface area contributed by atoms with E-state index in [4.69, 9.17) is 0 Å². The molecule has 0 aromatic carbocycles. The largest absolute Gasteiger partial charge is 0.315 e. The highest BCUT2D eigenvalue weighted by molar-refractivity contribution is 4.79. The Hall–Kier alpha value is -0.0800. The van der Waals surface area contributed by atoms with Gasteiger partial charge in [-0.2, -0.15) is 0 Å². The minimum Gasteiger partial charge on any atom is -0.315 e. The molecule has 2 nitrogen and oxygen atoms in total. The molecule has 0 saturated carbocycles. The standard InChI is InChI=1S/C13H28N2/c1-4-12-8-7-9-15(11-12)13(5-2)10-14-6-3/h12-14H,4-11H2,1-3H3. The van der Waals surface area contributed by atoms with E-state index in [0.29, 0.717) is 0 Å². The highest BCUT2D eigenvalue weighted by Crippen LogP contribution is 2.21. The Morgan fingerprint density at radius 3 is 2.73 bits per heavy atom. The second-order valence-electron chi connectivity index (χ2n) is 4.78. The van der Waals surface area contributed by atoms with Crippen molar-refractivity contribution in [3.05, 3.63) is 0 Å². The lowest BCUT2D eigenvalue weighted by Gasteiger charge is -2.38. The summed E-state index contributed by atoms with van der Waals surface area (Å²) < 4.78 is 0. The molecule has 0 aromatic rings. The van der Waals surface area contributed by atoms with E-state index in [0.717, 1.165) is 18.5 Å². The van der Waals surface area contributed by atoms with Gasteiger partial charge in [-0.05, 0) is 38.3 Å². The molecule has 1 aliphatic heterocycles. The van der Waals surface area contributed by atoms with E-state index >= 15 is 0 Å². The zero-order valence-corrected chi connectivity index (χ0v) is 10.8. The second kappa shape index (κ2) is 7.24. The molecule has 15 heavy (non-hydrogen) atoms. The molecule has 1 N–H and O–H groups in total. The monoisotopic (exact) mass is 212 g/mol. The summed E-state index contributed by atoms with van der Waals surface area (Å²) in [7, 11) is 0. The zero-order chi connectivity index (χ0) is 11.1. The first kappa shape index (κ1) is 13.0. The summed E-state index contributed by atoms with van der Waals surface area (Å²) in [6.45, 7) is 11.8. The molecule has 0 radical (unpaired) electrons. The molecule has 1 heterocycles. The average molecular weight is 212 g/mol. The Kier molecular flexibility index (Phi) is 6.26. The lowest BCUT2D eigenvalue weighted by atomic mass is 9.94. The minimum atomic E-state index is 0.763. The molecule has 1 rings (SSSR count). The third kappa shape index (κ3) is 4.12. The highest BCUT2D eigenvalue weighted by Gasteiger charge is 2.23. The van der Waals surface area contributed by atoms with Gasteiger partial charge in [0, 0.05) is 19.1 Å². The number of likely N-dealkylation sites (tertiary alicyclic amines) is 1. The van der Waals surface area contributed by atoms with Crippen LogP contribution < -0.4 is 5.32 Å². The van der Waals surface area contributed by atoms with E-state index in [9.17, 15) is 0 Å². The molecule has 1 saturated heterocycles. The summed E-state index contributed by atoms with van der Waals surface area (Å²) in [5.74, 6) is 0.953. The maximum atomic E-state index is 3.49.